The maximum absolute atomic E-state index is 6.05. The molecule has 4 heteroatoms. The van der Waals surface area contributed by atoms with Crippen molar-refractivity contribution in [3.05, 3.63) is 90.5 Å². The Kier molecular flexibility index (Phi) is 4.45. The highest BCUT2D eigenvalue weighted by molar-refractivity contribution is 5.91. The van der Waals surface area contributed by atoms with Gasteiger partial charge in [-0.2, -0.15) is 0 Å². The molecule has 0 amide bonds. The number of anilines is 1. The highest BCUT2D eigenvalue weighted by atomic mass is 16.3. The van der Waals surface area contributed by atoms with Crippen LogP contribution in [0.2, 0.25) is 0 Å². The first-order valence-electron chi connectivity index (χ1n) is 9.86. The molecular weight excluding hydrogens is 358 g/mol. The SMILES string of the molecule is CCN(Cc1ccccc1)c1nc(-c2cc3ccccc3o2)nc2ccccc12. The molecule has 29 heavy (non-hydrogen) atoms. The average molecular weight is 379 g/mol. The summed E-state index contributed by atoms with van der Waals surface area (Å²) in [6.07, 6.45) is 0. The minimum Gasteiger partial charge on any atom is -0.453 e. The van der Waals surface area contributed by atoms with E-state index in [-0.39, 0.29) is 0 Å². The predicted molar refractivity (Wildman–Crippen MR) is 118 cm³/mol. The highest BCUT2D eigenvalue weighted by Gasteiger charge is 2.17. The van der Waals surface area contributed by atoms with Crippen molar-refractivity contribution in [2.24, 2.45) is 0 Å². The van der Waals surface area contributed by atoms with Crippen molar-refractivity contribution < 1.29 is 4.42 Å². The molecule has 5 aromatic rings. The van der Waals surface area contributed by atoms with Gasteiger partial charge in [-0.25, -0.2) is 9.97 Å². The van der Waals surface area contributed by atoms with Crippen LogP contribution in [0.25, 0.3) is 33.5 Å². The Labute approximate surface area is 169 Å². The second-order valence-corrected chi connectivity index (χ2v) is 7.04. The number of nitrogens with zero attached hydrogens (tertiary/aromatic N) is 3. The maximum Gasteiger partial charge on any atom is 0.198 e. The van der Waals surface area contributed by atoms with Gasteiger partial charge in [0.25, 0.3) is 0 Å². The summed E-state index contributed by atoms with van der Waals surface area (Å²) in [5.74, 6) is 2.23. The summed E-state index contributed by atoms with van der Waals surface area (Å²) in [6.45, 7) is 3.79. The molecule has 0 N–H and O–H groups in total. The van der Waals surface area contributed by atoms with Crippen LogP contribution in [0.3, 0.4) is 0 Å². The van der Waals surface area contributed by atoms with Crippen LogP contribution in [-0.4, -0.2) is 16.5 Å². The van der Waals surface area contributed by atoms with Gasteiger partial charge >= 0.3 is 0 Å². The molecule has 5 rings (SSSR count). The molecule has 0 aliphatic heterocycles. The monoisotopic (exact) mass is 379 g/mol. The molecule has 0 radical (unpaired) electrons. The van der Waals surface area contributed by atoms with Crippen LogP contribution >= 0.6 is 0 Å². The Morgan fingerprint density at radius 2 is 1.59 bits per heavy atom. The van der Waals surface area contributed by atoms with Crippen molar-refractivity contribution in [1.82, 2.24) is 9.97 Å². The second kappa shape index (κ2) is 7.40. The standard InChI is InChI=1S/C25H21N3O/c1-2-28(17-18-10-4-3-5-11-18)25-20-13-7-8-14-21(20)26-24(27-25)23-16-19-12-6-9-15-22(19)29-23/h3-16H,2,17H2,1H3. The Morgan fingerprint density at radius 3 is 2.41 bits per heavy atom. The third-order valence-corrected chi connectivity index (χ3v) is 5.13. The Morgan fingerprint density at radius 1 is 0.828 bits per heavy atom. The van der Waals surface area contributed by atoms with Gasteiger partial charge < -0.3 is 9.32 Å². The van der Waals surface area contributed by atoms with Crippen molar-refractivity contribution in [2.75, 3.05) is 11.4 Å². The molecule has 0 atom stereocenters. The lowest BCUT2D eigenvalue weighted by Crippen LogP contribution is -2.23. The maximum atomic E-state index is 6.05. The molecule has 0 fully saturated rings. The van der Waals surface area contributed by atoms with Gasteiger partial charge in [0.05, 0.1) is 5.52 Å². The predicted octanol–water partition coefficient (Wildman–Crippen LogP) is 6.07. The van der Waals surface area contributed by atoms with E-state index in [2.05, 4.69) is 42.2 Å². The quantitative estimate of drug-likeness (QED) is 0.372. The van der Waals surface area contributed by atoms with E-state index in [0.29, 0.717) is 11.6 Å². The van der Waals surface area contributed by atoms with Gasteiger partial charge in [-0.1, -0.05) is 60.7 Å². The van der Waals surface area contributed by atoms with E-state index >= 15 is 0 Å². The fourth-order valence-corrected chi connectivity index (χ4v) is 3.64. The Balaban J connectivity index is 1.65. The number of fused-ring (bicyclic) bond motifs is 2. The van der Waals surface area contributed by atoms with Gasteiger partial charge in [-0.05, 0) is 36.8 Å². The molecule has 0 saturated heterocycles. The third-order valence-electron chi connectivity index (χ3n) is 5.13. The molecule has 2 aromatic heterocycles. The summed E-state index contributed by atoms with van der Waals surface area (Å²) < 4.78 is 6.05. The molecule has 0 aliphatic carbocycles. The van der Waals surface area contributed by atoms with Crippen LogP contribution in [0.5, 0.6) is 0 Å². The van der Waals surface area contributed by atoms with Crippen LogP contribution in [0.4, 0.5) is 5.82 Å². The molecule has 0 unspecified atom stereocenters. The smallest absolute Gasteiger partial charge is 0.198 e. The topological polar surface area (TPSA) is 42.2 Å². The first-order chi connectivity index (χ1) is 14.3. The number of benzene rings is 3. The van der Waals surface area contributed by atoms with Gasteiger partial charge in [0.15, 0.2) is 11.6 Å². The van der Waals surface area contributed by atoms with E-state index < -0.39 is 0 Å². The summed E-state index contributed by atoms with van der Waals surface area (Å²) >= 11 is 0. The van der Waals surface area contributed by atoms with Crippen molar-refractivity contribution in [3.63, 3.8) is 0 Å². The summed E-state index contributed by atoms with van der Waals surface area (Å²) in [5.41, 5.74) is 3.01. The number of furan rings is 1. The third kappa shape index (κ3) is 3.34. The zero-order chi connectivity index (χ0) is 19.6. The van der Waals surface area contributed by atoms with Crippen molar-refractivity contribution in [3.8, 4) is 11.6 Å². The lowest BCUT2D eigenvalue weighted by molar-refractivity contribution is 0.625. The fraction of sp³-hybridized carbons (Fsp3) is 0.120. The van der Waals surface area contributed by atoms with Gasteiger partial charge in [0, 0.05) is 23.9 Å². The minimum atomic E-state index is 0.612. The Bertz CT molecular complexity index is 1240. The van der Waals surface area contributed by atoms with Crippen LogP contribution < -0.4 is 4.90 Å². The van der Waals surface area contributed by atoms with Gasteiger partial charge in [-0.3, -0.25) is 0 Å². The molecule has 0 bridgehead atoms. The fourth-order valence-electron chi connectivity index (χ4n) is 3.64. The molecule has 2 heterocycles. The summed E-state index contributed by atoms with van der Waals surface area (Å²) in [5, 5.41) is 2.10. The van der Waals surface area contributed by atoms with Crippen LogP contribution in [0, 0.1) is 0 Å². The first kappa shape index (κ1) is 17.4. The summed E-state index contributed by atoms with van der Waals surface area (Å²) in [4.78, 5) is 12.0. The lowest BCUT2D eigenvalue weighted by atomic mass is 10.1. The van der Waals surface area contributed by atoms with Crippen molar-refractivity contribution >= 4 is 27.7 Å². The molecule has 0 spiro atoms. The number of para-hydroxylation sites is 2. The van der Waals surface area contributed by atoms with Crippen molar-refractivity contribution in [1.29, 1.82) is 0 Å². The van der Waals surface area contributed by atoms with Crippen LogP contribution in [-0.2, 0) is 6.54 Å². The number of aromatic nitrogens is 2. The van der Waals surface area contributed by atoms with E-state index in [4.69, 9.17) is 14.4 Å². The first-order valence-corrected chi connectivity index (χ1v) is 9.86. The van der Waals surface area contributed by atoms with E-state index in [0.717, 1.165) is 40.8 Å². The zero-order valence-corrected chi connectivity index (χ0v) is 16.2. The molecule has 3 aromatic carbocycles. The van der Waals surface area contributed by atoms with E-state index in [9.17, 15) is 0 Å². The molecule has 0 aliphatic rings. The van der Waals surface area contributed by atoms with E-state index in [1.807, 2.05) is 54.6 Å². The van der Waals surface area contributed by atoms with Gasteiger partial charge in [0.2, 0.25) is 0 Å². The molecule has 0 saturated carbocycles. The molecule has 142 valence electrons. The molecule has 4 nitrogen and oxygen atoms in total. The molecular formula is C25H21N3O. The van der Waals surface area contributed by atoms with Crippen molar-refractivity contribution in [2.45, 2.75) is 13.5 Å². The zero-order valence-electron chi connectivity index (χ0n) is 16.2. The average Bonchev–Trinajstić information content (AvgIpc) is 3.22. The van der Waals surface area contributed by atoms with E-state index in [1.165, 1.54) is 5.56 Å². The summed E-state index contributed by atoms with van der Waals surface area (Å²) in [6, 6.07) is 28.6. The number of hydrogen-bond acceptors (Lipinski definition) is 4. The number of rotatable bonds is 5. The van der Waals surface area contributed by atoms with E-state index in [1.54, 1.807) is 0 Å². The van der Waals surface area contributed by atoms with Gasteiger partial charge in [-0.15, -0.1) is 0 Å². The Hall–Kier alpha value is -3.66. The number of hydrogen-bond donors (Lipinski definition) is 0. The van der Waals surface area contributed by atoms with Crippen LogP contribution in [0.15, 0.2) is 89.3 Å². The van der Waals surface area contributed by atoms with Gasteiger partial charge in [0.1, 0.15) is 11.4 Å². The normalized spacial score (nSPS) is 11.2. The second-order valence-electron chi connectivity index (χ2n) is 7.04. The van der Waals surface area contributed by atoms with Crippen LogP contribution in [0.1, 0.15) is 12.5 Å². The lowest BCUT2D eigenvalue weighted by Gasteiger charge is -2.24. The highest BCUT2D eigenvalue weighted by Crippen LogP contribution is 2.31. The minimum absolute atomic E-state index is 0.612. The summed E-state index contributed by atoms with van der Waals surface area (Å²) in [7, 11) is 0. The largest absolute Gasteiger partial charge is 0.453 e.